The lowest BCUT2D eigenvalue weighted by Crippen LogP contribution is -2.23. The van der Waals surface area contributed by atoms with Crippen LogP contribution in [0.25, 0.3) is 11.1 Å². The summed E-state index contributed by atoms with van der Waals surface area (Å²) in [5, 5.41) is 10.8. The van der Waals surface area contributed by atoms with Crippen molar-refractivity contribution in [2.24, 2.45) is 0 Å². The van der Waals surface area contributed by atoms with Gasteiger partial charge in [0.1, 0.15) is 5.75 Å². The van der Waals surface area contributed by atoms with Crippen molar-refractivity contribution in [1.82, 2.24) is 4.90 Å². The van der Waals surface area contributed by atoms with E-state index in [0.29, 0.717) is 5.75 Å². The molecule has 23 heavy (non-hydrogen) atoms. The normalized spacial score (nSPS) is 11.9. The molecule has 2 heteroatoms. The van der Waals surface area contributed by atoms with Crippen LogP contribution in [0.3, 0.4) is 0 Å². The molecule has 0 saturated carbocycles. The van der Waals surface area contributed by atoms with Crippen molar-refractivity contribution in [2.75, 3.05) is 13.1 Å². The molecule has 0 atom stereocenters. The third-order valence-electron chi connectivity index (χ3n) is 4.43. The van der Waals surface area contributed by atoms with Gasteiger partial charge in [0, 0.05) is 17.7 Å². The fourth-order valence-electron chi connectivity index (χ4n) is 2.77. The van der Waals surface area contributed by atoms with Crippen LogP contribution in [0, 0.1) is 0 Å². The van der Waals surface area contributed by atoms with Crippen LogP contribution in [0.15, 0.2) is 42.5 Å². The van der Waals surface area contributed by atoms with Gasteiger partial charge in [0.05, 0.1) is 0 Å². The van der Waals surface area contributed by atoms with Gasteiger partial charge in [0.2, 0.25) is 0 Å². The second-order valence-electron chi connectivity index (χ2n) is 7.11. The molecule has 0 unspecified atom stereocenters. The number of hydrogen-bond donors (Lipinski definition) is 1. The topological polar surface area (TPSA) is 23.5 Å². The first-order chi connectivity index (χ1) is 10.9. The minimum atomic E-state index is 0.0508. The van der Waals surface area contributed by atoms with Crippen LogP contribution in [0.1, 0.15) is 45.7 Å². The molecule has 0 aromatic heterocycles. The molecule has 0 radical (unpaired) electrons. The molecule has 0 aliphatic heterocycles. The number of phenolic OH excluding ortho intramolecular Hbond substituents is 1. The first-order valence-electron chi connectivity index (χ1n) is 8.51. The van der Waals surface area contributed by atoms with Gasteiger partial charge in [0.25, 0.3) is 0 Å². The van der Waals surface area contributed by atoms with Crippen molar-refractivity contribution in [3.05, 3.63) is 53.6 Å². The molecule has 0 fully saturated rings. The van der Waals surface area contributed by atoms with E-state index in [4.69, 9.17) is 0 Å². The Morgan fingerprint density at radius 1 is 0.957 bits per heavy atom. The average molecular weight is 311 g/mol. The number of benzene rings is 2. The fraction of sp³-hybridized carbons (Fsp3) is 0.429. The van der Waals surface area contributed by atoms with Crippen molar-refractivity contribution in [3.63, 3.8) is 0 Å². The van der Waals surface area contributed by atoms with Gasteiger partial charge in [-0.15, -0.1) is 0 Å². The van der Waals surface area contributed by atoms with E-state index < -0.39 is 0 Å². The Balaban J connectivity index is 2.58. The SMILES string of the molecule is CCN(CC)Cc1cc(C(C)(C)C)cc(-c2ccccc2)c1O. The van der Waals surface area contributed by atoms with Crippen molar-refractivity contribution < 1.29 is 5.11 Å². The summed E-state index contributed by atoms with van der Waals surface area (Å²) in [5.74, 6) is 0.413. The Kier molecular flexibility index (Phi) is 5.48. The Morgan fingerprint density at radius 3 is 2.09 bits per heavy atom. The highest BCUT2D eigenvalue weighted by atomic mass is 16.3. The minimum absolute atomic E-state index is 0.0508. The maximum Gasteiger partial charge on any atom is 0.127 e. The molecule has 2 aromatic carbocycles. The van der Waals surface area contributed by atoms with Crippen molar-refractivity contribution >= 4 is 0 Å². The summed E-state index contributed by atoms with van der Waals surface area (Å²) in [7, 11) is 0. The van der Waals surface area contributed by atoms with Gasteiger partial charge in [-0.3, -0.25) is 4.90 Å². The summed E-state index contributed by atoms with van der Waals surface area (Å²) >= 11 is 0. The number of phenols is 1. The standard InChI is InChI=1S/C21H29NO/c1-6-22(7-2)15-17-13-18(21(3,4)5)14-19(20(17)23)16-11-9-8-10-12-16/h8-14,23H,6-7,15H2,1-5H3. The van der Waals surface area contributed by atoms with Gasteiger partial charge >= 0.3 is 0 Å². The van der Waals surface area contributed by atoms with Crippen LogP contribution >= 0.6 is 0 Å². The molecule has 0 bridgehead atoms. The minimum Gasteiger partial charge on any atom is -0.507 e. The second-order valence-corrected chi connectivity index (χ2v) is 7.11. The van der Waals surface area contributed by atoms with E-state index in [1.165, 1.54) is 5.56 Å². The molecule has 0 spiro atoms. The predicted molar refractivity (Wildman–Crippen MR) is 98.9 cm³/mol. The van der Waals surface area contributed by atoms with Crippen LogP contribution in [-0.2, 0) is 12.0 Å². The quantitative estimate of drug-likeness (QED) is 0.820. The summed E-state index contributed by atoms with van der Waals surface area (Å²) in [6.07, 6.45) is 0. The first-order valence-corrected chi connectivity index (χ1v) is 8.51. The molecule has 0 heterocycles. The van der Waals surface area contributed by atoms with Gasteiger partial charge in [-0.25, -0.2) is 0 Å². The smallest absolute Gasteiger partial charge is 0.127 e. The first kappa shape index (κ1) is 17.6. The Bertz CT molecular complexity index is 637. The Morgan fingerprint density at radius 2 is 1.57 bits per heavy atom. The molecule has 0 aliphatic rings. The summed E-state index contributed by atoms with van der Waals surface area (Å²) in [6.45, 7) is 13.7. The number of aromatic hydroxyl groups is 1. The van der Waals surface area contributed by atoms with Gasteiger partial charge < -0.3 is 5.11 Å². The van der Waals surface area contributed by atoms with Gasteiger partial charge in [-0.2, -0.15) is 0 Å². The van der Waals surface area contributed by atoms with Crippen LogP contribution in [0.2, 0.25) is 0 Å². The van der Waals surface area contributed by atoms with Crippen molar-refractivity contribution in [1.29, 1.82) is 0 Å². The molecular formula is C21H29NO. The van der Waals surface area contributed by atoms with E-state index in [1.54, 1.807) is 0 Å². The molecule has 0 amide bonds. The zero-order valence-corrected chi connectivity index (χ0v) is 15.1. The highest BCUT2D eigenvalue weighted by molar-refractivity contribution is 5.73. The molecular weight excluding hydrogens is 282 g/mol. The van der Waals surface area contributed by atoms with Gasteiger partial charge in [-0.1, -0.05) is 71.0 Å². The molecule has 2 nitrogen and oxygen atoms in total. The monoisotopic (exact) mass is 311 g/mol. The van der Waals surface area contributed by atoms with E-state index >= 15 is 0 Å². The number of hydrogen-bond acceptors (Lipinski definition) is 2. The number of rotatable bonds is 5. The van der Waals surface area contributed by atoms with Crippen LogP contribution in [0.5, 0.6) is 5.75 Å². The molecule has 2 aromatic rings. The third kappa shape index (κ3) is 4.14. The van der Waals surface area contributed by atoms with Gasteiger partial charge in [-0.05, 0) is 35.7 Å². The molecule has 0 saturated heterocycles. The molecule has 2 rings (SSSR count). The van der Waals surface area contributed by atoms with Crippen molar-refractivity contribution in [2.45, 2.75) is 46.6 Å². The van der Waals surface area contributed by atoms with E-state index in [1.807, 2.05) is 18.2 Å². The summed E-state index contributed by atoms with van der Waals surface area (Å²) in [5.41, 5.74) is 4.32. The zero-order valence-electron chi connectivity index (χ0n) is 15.1. The van der Waals surface area contributed by atoms with E-state index in [2.05, 4.69) is 63.8 Å². The summed E-state index contributed by atoms with van der Waals surface area (Å²) in [4.78, 5) is 2.33. The lowest BCUT2D eigenvalue weighted by atomic mass is 9.83. The zero-order chi connectivity index (χ0) is 17.0. The molecule has 1 N–H and O–H groups in total. The van der Waals surface area contributed by atoms with Crippen LogP contribution < -0.4 is 0 Å². The van der Waals surface area contributed by atoms with Gasteiger partial charge in [0.15, 0.2) is 0 Å². The lowest BCUT2D eigenvalue weighted by Gasteiger charge is -2.25. The second kappa shape index (κ2) is 7.18. The molecule has 124 valence electrons. The summed E-state index contributed by atoms with van der Waals surface area (Å²) in [6, 6.07) is 14.5. The average Bonchev–Trinajstić information content (AvgIpc) is 2.53. The highest BCUT2D eigenvalue weighted by Gasteiger charge is 2.20. The largest absolute Gasteiger partial charge is 0.507 e. The number of nitrogens with zero attached hydrogens (tertiary/aromatic N) is 1. The fourth-order valence-corrected chi connectivity index (χ4v) is 2.77. The maximum absolute atomic E-state index is 10.8. The van der Waals surface area contributed by atoms with Crippen LogP contribution in [-0.4, -0.2) is 23.1 Å². The Hall–Kier alpha value is -1.80. The summed E-state index contributed by atoms with van der Waals surface area (Å²) < 4.78 is 0. The van der Waals surface area contributed by atoms with E-state index in [0.717, 1.165) is 36.3 Å². The molecule has 0 aliphatic carbocycles. The third-order valence-corrected chi connectivity index (χ3v) is 4.43. The van der Waals surface area contributed by atoms with E-state index in [-0.39, 0.29) is 5.41 Å². The van der Waals surface area contributed by atoms with E-state index in [9.17, 15) is 5.11 Å². The lowest BCUT2D eigenvalue weighted by molar-refractivity contribution is 0.290. The maximum atomic E-state index is 10.8. The predicted octanol–water partition coefficient (Wildman–Crippen LogP) is 5.20. The van der Waals surface area contributed by atoms with Crippen LogP contribution in [0.4, 0.5) is 0 Å². The Labute approximate surface area is 140 Å². The highest BCUT2D eigenvalue weighted by Crippen LogP contribution is 2.37. The van der Waals surface area contributed by atoms with Crippen molar-refractivity contribution in [3.8, 4) is 16.9 Å².